The van der Waals surface area contributed by atoms with Crippen LogP contribution in [0.5, 0.6) is 0 Å². The van der Waals surface area contributed by atoms with Crippen LogP contribution in [0.4, 0.5) is 5.69 Å². The topological polar surface area (TPSA) is 21.3 Å². The van der Waals surface area contributed by atoms with Gasteiger partial charge in [0.05, 0.1) is 0 Å². The van der Waals surface area contributed by atoms with Crippen molar-refractivity contribution in [1.29, 1.82) is 0 Å². The van der Waals surface area contributed by atoms with E-state index in [4.69, 9.17) is 4.74 Å². The molecule has 0 radical (unpaired) electrons. The molecule has 1 aromatic rings. The minimum atomic E-state index is 0.559. The first-order valence-corrected chi connectivity index (χ1v) is 4.04. The van der Waals surface area contributed by atoms with Crippen LogP contribution in [-0.4, -0.2) is 13.8 Å². The van der Waals surface area contributed by atoms with Crippen molar-refractivity contribution in [2.24, 2.45) is 0 Å². The van der Waals surface area contributed by atoms with Crippen molar-refractivity contribution in [1.82, 2.24) is 0 Å². The Balaban J connectivity index is 2.72. The fourth-order valence-electron chi connectivity index (χ4n) is 1.16. The summed E-state index contributed by atoms with van der Waals surface area (Å²) in [7, 11) is 1.68. The van der Waals surface area contributed by atoms with Crippen molar-refractivity contribution in [3.05, 3.63) is 29.3 Å². The molecule has 0 saturated carbocycles. The van der Waals surface area contributed by atoms with Gasteiger partial charge in [0.25, 0.3) is 0 Å². The summed E-state index contributed by atoms with van der Waals surface area (Å²) in [6.45, 7) is 4.74. The lowest BCUT2D eigenvalue weighted by molar-refractivity contribution is 0.221. The standard InChI is InChI=1S/C10H15NO/c1-8-4-5-10(9(2)6-8)11-7-12-3/h4-6,11H,7H2,1-3H3. The highest BCUT2D eigenvalue weighted by molar-refractivity contribution is 5.51. The lowest BCUT2D eigenvalue weighted by Crippen LogP contribution is -2.04. The van der Waals surface area contributed by atoms with E-state index >= 15 is 0 Å². The summed E-state index contributed by atoms with van der Waals surface area (Å²) in [5, 5.41) is 3.17. The summed E-state index contributed by atoms with van der Waals surface area (Å²) < 4.78 is 4.92. The number of nitrogens with one attached hydrogen (secondary N) is 1. The van der Waals surface area contributed by atoms with Gasteiger partial charge in [-0.3, -0.25) is 0 Å². The molecule has 1 rings (SSSR count). The monoisotopic (exact) mass is 165 g/mol. The Morgan fingerprint density at radius 2 is 2.08 bits per heavy atom. The molecular weight excluding hydrogens is 150 g/mol. The number of ether oxygens (including phenoxy) is 1. The summed E-state index contributed by atoms with van der Waals surface area (Å²) >= 11 is 0. The minimum absolute atomic E-state index is 0.559. The molecule has 2 nitrogen and oxygen atoms in total. The van der Waals surface area contributed by atoms with Gasteiger partial charge in [0.1, 0.15) is 6.73 Å². The van der Waals surface area contributed by atoms with Crippen LogP contribution in [0, 0.1) is 13.8 Å². The van der Waals surface area contributed by atoms with Gasteiger partial charge in [-0.1, -0.05) is 17.7 Å². The normalized spacial score (nSPS) is 9.92. The van der Waals surface area contributed by atoms with Crippen LogP contribution in [0.2, 0.25) is 0 Å². The van der Waals surface area contributed by atoms with Gasteiger partial charge in [-0.15, -0.1) is 0 Å². The van der Waals surface area contributed by atoms with Crippen molar-refractivity contribution in [2.75, 3.05) is 19.2 Å². The van der Waals surface area contributed by atoms with Crippen molar-refractivity contribution < 1.29 is 4.74 Å². The minimum Gasteiger partial charge on any atom is -0.365 e. The molecule has 0 aliphatic carbocycles. The van der Waals surface area contributed by atoms with Crippen molar-refractivity contribution in [3.63, 3.8) is 0 Å². The average Bonchev–Trinajstić information content (AvgIpc) is 2.03. The maximum Gasteiger partial charge on any atom is 0.116 e. The quantitative estimate of drug-likeness (QED) is 0.694. The molecule has 2 heteroatoms. The number of benzene rings is 1. The smallest absolute Gasteiger partial charge is 0.116 e. The molecule has 1 N–H and O–H groups in total. The predicted molar refractivity (Wildman–Crippen MR) is 51.4 cm³/mol. The van der Waals surface area contributed by atoms with Gasteiger partial charge in [0.15, 0.2) is 0 Å². The molecule has 66 valence electrons. The maximum absolute atomic E-state index is 4.92. The largest absolute Gasteiger partial charge is 0.365 e. The third-order valence-electron chi connectivity index (χ3n) is 1.79. The van der Waals surface area contributed by atoms with Crippen molar-refractivity contribution in [2.45, 2.75) is 13.8 Å². The highest BCUT2D eigenvalue weighted by Crippen LogP contribution is 2.15. The van der Waals surface area contributed by atoms with Crippen LogP contribution in [0.3, 0.4) is 0 Å². The Morgan fingerprint density at radius 1 is 1.33 bits per heavy atom. The second-order valence-corrected chi connectivity index (χ2v) is 2.93. The van der Waals surface area contributed by atoms with Crippen LogP contribution in [0.25, 0.3) is 0 Å². The Morgan fingerprint density at radius 3 is 2.67 bits per heavy atom. The lowest BCUT2D eigenvalue weighted by atomic mass is 10.1. The van der Waals surface area contributed by atoms with E-state index in [1.807, 2.05) is 0 Å². The van der Waals surface area contributed by atoms with E-state index in [0.29, 0.717) is 6.73 Å². The summed E-state index contributed by atoms with van der Waals surface area (Å²) in [4.78, 5) is 0. The lowest BCUT2D eigenvalue weighted by Gasteiger charge is -2.08. The maximum atomic E-state index is 4.92. The van der Waals surface area contributed by atoms with Gasteiger partial charge in [-0.2, -0.15) is 0 Å². The first kappa shape index (κ1) is 9.07. The molecule has 0 bridgehead atoms. The van der Waals surface area contributed by atoms with E-state index in [1.54, 1.807) is 7.11 Å². The van der Waals surface area contributed by atoms with E-state index < -0.39 is 0 Å². The molecular formula is C10H15NO. The highest BCUT2D eigenvalue weighted by Gasteiger charge is 1.95. The molecule has 0 unspecified atom stereocenters. The Kier molecular flexibility index (Phi) is 3.11. The molecule has 0 aliphatic heterocycles. The molecule has 0 atom stereocenters. The zero-order valence-corrected chi connectivity index (χ0v) is 7.85. The zero-order chi connectivity index (χ0) is 8.97. The van der Waals surface area contributed by atoms with Crippen LogP contribution in [0.1, 0.15) is 11.1 Å². The van der Waals surface area contributed by atoms with Crippen molar-refractivity contribution >= 4 is 5.69 Å². The van der Waals surface area contributed by atoms with Crippen LogP contribution in [-0.2, 0) is 4.74 Å². The predicted octanol–water partition coefficient (Wildman–Crippen LogP) is 2.32. The molecule has 0 amide bonds. The van der Waals surface area contributed by atoms with E-state index in [1.165, 1.54) is 11.1 Å². The Bertz CT molecular complexity index is 258. The zero-order valence-electron chi connectivity index (χ0n) is 7.85. The summed E-state index contributed by atoms with van der Waals surface area (Å²) in [6.07, 6.45) is 0. The average molecular weight is 165 g/mol. The van der Waals surface area contributed by atoms with E-state index in [-0.39, 0.29) is 0 Å². The molecule has 0 heterocycles. The number of rotatable bonds is 3. The molecule has 0 aromatic heterocycles. The number of anilines is 1. The van der Waals surface area contributed by atoms with Crippen LogP contribution < -0.4 is 5.32 Å². The van der Waals surface area contributed by atoms with Gasteiger partial charge in [-0.05, 0) is 25.5 Å². The summed E-state index contributed by atoms with van der Waals surface area (Å²) in [5.74, 6) is 0. The second-order valence-electron chi connectivity index (χ2n) is 2.93. The van der Waals surface area contributed by atoms with Gasteiger partial charge < -0.3 is 10.1 Å². The van der Waals surface area contributed by atoms with Gasteiger partial charge in [-0.25, -0.2) is 0 Å². The summed E-state index contributed by atoms with van der Waals surface area (Å²) in [6, 6.07) is 6.31. The van der Waals surface area contributed by atoms with Gasteiger partial charge in [0.2, 0.25) is 0 Å². The summed E-state index contributed by atoms with van der Waals surface area (Å²) in [5.41, 5.74) is 3.69. The molecule has 0 saturated heterocycles. The Hall–Kier alpha value is -1.02. The van der Waals surface area contributed by atoms with E-state index in [0.717, 1.165) is 5.69 Å². The second kappa shape index (κ2) is 4.12. The molecule has 0 fully saturated rings. The van der Waals surface area contributed by atoms with Crippen LogP contribution >= 0.6 is 0 Å². The third-order valence-corrected chi connectivity index (χ3v) is 1.79. The first-order chi connectivity index (χ1) is 5.74. The van der Waals surface area contributed by atoms with E-state index in [9.17, 15) is 0 Å². The van der Waals surface area contributed by atoms with Gasteiger partial charge >= 0.3 is 0 Å². The molecule has 0 spiro atoms. The third kappa shape index (κ3) is 2.24. The highest BCUT2D eigenvalue weighted by atomic mass is 16.5. The van der Waals surface area contributed by atoms with E-state index in [2.05, 4.69) is 37.4 Å². The number of hydrogen-bond acceptors (Lipinski definition) is 2. The SMILES string of the molecule is COCNc1ccc(C)cc1C. The fraction of sp³-hybridized carbons (Fsp3) is 0.400. The van der Waals surface area contributed by atoms with Crippen molar-refractivity contribution in [3.8, 4) is 0 Å². The molecule has 12 heavy (non-hydrogen) atoms. The number of methoxy groups -OCH3 is 1. The van der Waals surface area contributed by atoms with Crippen LogP contribution in [0.15, 0.2) is 18.2 Å². The first-order valence-electron chi connectivity index (χ1n) is 4.04. The molecule has 1 aromatic carbocycles. The van der Waals surface area contributed by atoms with Gasteiger partial charge in [0, 0.05) is 12.8 Å². The number of hydrogen-bond donors (Lipinski definition) is 1. The fourth-order valence-corrected chi connectivity index (χ4v) is 1.16. The Labute approximate surface area is 73.6 Å². The molecule has 0 aliphatic rings. The number of aryl methyl sites for hydroxylation is 2.